The van der Waals surface area contributed by atoms with Crippen LogP contribution in [-0.4, -0.2) is 39.2 Å². The van der Waals surface area contributed by atoms with Crippen molar-refractivity contribution in [2.45, 2.75) is 12.8 Å². The summed E-state index contributed by atoms with van der Waals surface area (Å²) in [6, 6.07) is 14.8. The number of nitrogens with one attached hydrogen (secondary N) is 1. The van der Waals surface area contributed by atoms with Gasteiger partial charge in [0.25, 0.3) is 5.91 Å². The zero-order chi connectivity index (χ0) is 18.8. The molecule has 0 heterocycles. The second-order valence-corrected chi connectivity index (χ2v) is 5.60. The number of benzene rings is 2. The molecule has 138 valence electrons. The highest BCUT2D eigenvalue weighted by Gasteiger charge is 2.09. The Balaban J connectivity index is 1.70. The van der Waals surface area contributed by atoms with Crippen LogP contribution in [0.15, 0.2) is 48.5 Å². The van der Waals surface area contributed by atoms with Gasteiger partial charge >= 0.3 is 5.97 Å². The van der Waals surface area contributed by atoms with Gasteiger partial charge in [-0.1, -0.05) is 30.3 Å². The number of methoxy groups -OCH3 is 2. The van der Waals surface area contributed by atoms with Gasteiger partial charge in [0, 0.05) is 6.54 Å². The van der Waals surface area contributed by atoms with E-state index in [-0.39, 0.29) is 18.9 Å². The minimum atomic E-state index is -0.460. The van der Waals surface area contributed by atoms with E-state index in [1.807, 2.05) is 24.3 Å². The summed E-state index contributed by atoms with van der Waals surface area (Å²) in [7, 11) is 3.17. The van der Waals surface area contributed by atoms with Crippen LogP contribution in [0.4, 0.5) is 0 Å². The SMILES string of the molecule is COc1cccc(CC(=O)OCC(=O)NCCc2ccccc2OC)c1. The maximum atomic E-state index is 11.8. The summed E-state index contributed by atoms with van der Waals surface area (Å²) in [4.78, 5) is 23.6. The van der Waals surface area contributed by atoms with Gasteiger partial charge in [-0.3, -0.25) is 9.59 Å². The molecule has 1 amide bonds. The molecule has 0 aliphatic rings. The molecule has 0 aliphatic heterocycles. The van der Waals surface area contributed by atoms with Gasteiger partial charge in [-0.25, -0.2) is 0 Å². The molecule has 0 bridgehead atoms. The normalized spacial score (nSPS) is 10.1. The van der Waals surface area contributed by atoms with Crippen LogP contribution >= 0.6 is 0 Å². The summed E-state index contributed by atoms with van der Waals surface area (Å²) in [5.41, 5.74) is 1.77. The summed E-state index contributed by atoms with van der Waals surface area (Å²) < 4.78 is 15.4. The van der Waals surface area contributed by atoms with Crippen molar-refractivity contribution in [2.75, 3.05) is 27.4 Å². The molecular weight excluding hydrogens is 334 g/mol. The van der Waals surface area contributed by atoms with Gasteiger partial charge in [0.1, 0.15) is 11.5 Å². The Hall–Kier alpha value is -3.02. The van der Waals surface area contributed by atoms with E-state index < -0.39 is 5.97 Å². The zero-order valence-electron chi connectivity index (χ0n) is 15.0. The van der Waals surface area contributed by atoms with Crippen molar-refractivity contribution in [1.82, 2.24) is 5.32 Å². The summed E-state index contributed by atoms with van der Waals surface area (Å²) in [5.74, 6) is 0.660. The standard InChI is InChI=1S/C20H23NO5/c1-24-17-8-5-6-15(12-17)13-20(23)26-14-19(22)21-11-10-16-7-3-4-9-18(16)25-2/h3-9,12H,10-11,13-14H2,1-2H3,(H,21,22). The summed E-state index contributed by atoms with van der Waals surface area (Å²) in [5, 5.41) is 2.73. The molecule has 0 radical (unpaired) electrons. The van der Waals surface area contributed by atoms with E-state index in [0.717, 1.165) is 16.9 Å². The Morgan fingerprint density at radius 2 is 1.81 bits per heavy atom. The number of carbonyl (C=O) groups is 2. The van der Waals surface area contributed by atoms with Crippen LogP contribution in [0.2, 0.25) is 0 Å². The van der Waals surface area contributed by atoms with Gasteiger partial charge in [-0.2, -0.15) is 0 Å². The van der Waals surface area contributed by atoms with E-state index in [4.69, 9.17) is 14.2 Å². The average molecular weight is 357 g/mol. The van der Waals surface area contributed by atoms with E-state index in [1.165, 1.54) is 0 Å². The minimum absolute atomic E-state index is 0.0890. The van der Waals surface area contributed by atoms with Crippen molar-refractivity contribution in [3.8, 4) is 11.5 Å². The molecule has 2 aromatic carbocycles. The van der Waals surface area contributed by atoms with Crippen LogP contribution in [0.25, 0.3) is 0 Å². The van der Waals surface area contributed by atoms with Crippen LogP contribution < -0.4 is 14.8 Å². The summed E-state index contributed by atoms with van der Waals surface area (Å²) >= 11 is 0. The Morgan fingerprint density at radius 1 is 1.00 bits per heavy atom. The Labute approximate surface area is 153 Å². The zero-order valence-corrected chi connectivity index (χ0v) is 15.0. The highest BCUT2D eigenvalue weighted by molar-refractivity contribution is 5.81. The molecule has 0 atom stereocenters. The fourth-order valence-electron chi connectivity index (χ4n) is 2.44. The first-order valence-electron chi connectivity index (χ1n) is 8.29. The van der Waals surface area contributed by atoms with E-state index >= 15 is 0 Å². The maximum absolute atomic E-state index is 11.8. The van der Waals surface area contributed by atoms with Gasteiger partial charge in [-0.05, 0) is 35.7 Å². The molecule has 0 aliphatic carbocycles. The lowest BCUT2D eigenvalue weighted by molar-refractivity contribution is -0.147. The molecule has 0 spiro atoms. The molecule has 6 heteroatoms. The third-order valence-electron chi connectivity index (χ3n) is 3.76. The van der Waals surface area contributed by atoms with Crippen molar-refractivity contribution in [3.05, 3.63) is 59.7 Å². The molecule has 0 fully saturated rings. The van der Waals surface area contributed by atoms with Crippen molar-refractivity contribution < 1.29 is 23.8 Å². The van der Waals surface area contributed by atoms with E-state index in [2.05, 4.69) is 5.32 Å². The Bertz CT molecular complexity index is 744. The maximum Gasteiger partial charge on any atom is 0.310 e. The predicted octanol–water partition coefficient (Wildman–Crippen LogP) is 2.15. The molecule has 0 saturated heterocycles. The predicted molar refractivity (Wildman–Crippen MR) is 97.4 cm³/mol. The highest BCUT2D eigenvalue weighted by Crippen LogP contribution is 2.17. The van der Waals surface area contributed by atoms with Crippen molar-refractivity contribution in [2.24, 2.45) is 0 Å². The van der Waals surface area contributed by atoms with Gasteiger partial charge in [0.2, 0.25) is 0 Å². The average Bonchev–Trinajstić information content (AvgIpc) is 2.67. The van der Waals surface area contributed by atoms with Crippen molar-refractivity contribution in [3.63, 3.8) is 0 Å². The fourth-order valence-corrected chi connectivity index (χ4v) is 2.44. The van der Waals surface area contributed by atoms with Crippen LogP contribution in [0.3, 0.4) is 0 Å². The minimum Gasteiger partial charge on any atom is -0.497 e. The number of amides is 1. The monoisotopic (exact) mass is 357 g/mol. The smallest absolute Gasteiger partial charge is 0.310 e. The van der Waals surface area contributed by atoms with Crippen LogP contribution in [-0.2, 0) is 27.2 Å². The summed E-state index contributed by atoms with van der Waals surface area (Å²) in [6.45, 7) is 0.140. The van der Waals surface area contributed by atoms with Gasteiger partial charge in [-0.15, -0.1) is 0 Å². The molecule has 0 unspecified atom stereocenters. The van der Waals surface area contributed by atoms with E-state index in [9.17, 15) is 9.59 Å². The van der Waals surface area contributed by atoms with E-state index in [0.29, 0.717) is 18.7 Å². The van der Waals surface area contributed by atoms with E-state index in [1.54, 1.807) is 38.5 Å². The molecule has 2 rings (SSSR count). The van der Waals surface area contributed by atoms with Crippen LogP contribution in [0.1, 0.15) is 11.1 Å². The van der Waals surface area contributed by atoms with Crippen LogP contribution in [0, 0.1) is 0 Å². The van der Waals surface area contributed by atoms with Crippen molar-refractivity contribution >= 4 is 11.9 Å². The topological polar surface area (TPSA) is 73.9 Å². The molecule has 0 saturated carbocycles. The first-order valence-corrected chi connectivity index (χ1v) is 8.29. The molecular formula is C20H23NO5. The van der Waals surface area contributed by atoms with Crippen LogP contribution in [0.5, 0.6) is 11.5 Å². The molecule has 6 nitrogen and oxygen atoms in total. The molecule has 1 N–H and O–H groups in total. The number of hydrogen-bond acceptors (Lipinski definition) is 5. The van der Waals surface area contributed by atoms with Gasteiger partial charge in [0.05, 0.1) is 20.6 Å². The molecule has 26 heavy (non-hydrogen) atoms. The quantitative estimate of drug-likeness (QED) is 0.696. The number of carbonyl (C=O) groups excluding carboxylic acids is 2. The number of ether oxygens (including phenoxy) is 3. The lowest BCUT2D eigenvalue weighted by Gasteiger charge is -2.09. The lowest BCUT2D eigenvalue weighted by atomic mass is 10.1. The second kappa shape index (κ2) is 10.1. The summed E-state index contributed by atoms with van der Waals surface area (Å²) in [6.07, 6.45) is 0.721. The number of esters is 1. The molecule has 2 aromatic rings. The number of rotatable bonds is 9. The lowest BCUT2D eigenvalue weighted by Crippen LogP contribution is -2.30. The fraction of sp³-hybridized carbons (Fsp3) is 0.300. The highest BCUT2D eigenvalue weighted by atomic mass is 16.5. The largest absolute Gasteiger partial charge is 0.497 e. The number of hydrogen-bond donors (Lipinski definition) is 1. The third-order valence-corrected chi connectivity index (χ3v) is 3.76. The van der Waals surface area contributed by atoms with Gasteiger partial charge in [0.15, 0.2) is 6.61 Å². The second-order valence-electron chi connectivity index (χ2n) is 5.60. The number of para-hydroxylation sites is 1. The van der Waals surface area contributed by atoms with Gasteiger partial charge < -0.3 is 19.5 Å². The third kappa shape index (κ3) is 6.12. The molecule has 0 aromatic heterocycles. The first kappa shape index (κ1) is 19.3. The first-order chi connectivity index (χ1) is 12.6. The Kier molecular flexibility index (Phi) is 7.49. The Morgan fingerprint density at radius 3 is 2.58 bits per heavy atom. The van der Waals surface area contributed by atoms with Crippen molar-refractivity contribution in [1.29, 1.82) is 0 Å².